The van der Waals surface area contributed by atoms with E-state index < -0.39 is 0 Å². The lowest BCUT2D eigenvalue weighted by Gasteiger charge is -2.22. The van der Waals surface area contributed by atoms with Crippen molar-refractivity contribution < 1.29 is 0 Å². The Morgan fingerprint density at radius 3 is 2.40 bits per heavy atom. The minimum atomic E-state index is 0.502. The highest BCUT2D eigenvalue weighted by atomic mass is 15.2. The van der Waals surface area contributed by atoms with Crippen LogP contribution in [-0.2, 0) is 0 Å². The number of likely N-dealkylation sites (N-methyl/N-ethyl adjacent to an activating group) is 1. The van der Waals surface area contributed by atoms with Crippen LogP contribution in [0.5, 0.6) is 0 Å². The third-order valence-corrected chi connectivity index (χ3v) is 3.77. The van der Waals surface area contributed by atoms with Crippen molar-refractivity contribution >= 4 is 11.6 Å². The Bertz CT molecular complexity index is 467. The van der Waals surface area contributed by atoms with Crippen molar-refractivity contribution in [2.45, 2.75) is 32.7 Å². The van der Waals surface area contributed by atoms with Crippen LogP contribution in [0.15, 0.2) is 23.2 Å². The minimum absolute atomic E-state index is 0.502. The maximum absolute atomic E-state index is 6.00. The van der Waals surface area contributed by atoms with Gasteiger partial charge in [0.1, 0.15) is 0 Å². The molecule has 1 aliphatic carbocycles. The van der Waals surface area contributed by atoms with Crippen LogP contribution in [-0.4, -0.2) is 37.5 Å². The van der Waals surface area contributed by atoms with Gasteiger partial charge < -0.3 is 16.0 Å². The summed E-state index contributed by atoms with van der Waals surface area (Å²) in [5.74, 6) is 1.30. The van der Waals surface area contributed by atoms with Gasteiger partial charge in [-0.2, -0.15) is 0 Å². The van der Waals surface area contributed by atoms with Gasteiger partial charge in [-0.15, -0.1) is 0 Å². The average Bonchev–Trinajstić information content (AvgIpc) is 3.11. The molecule has 1 atom stereocenters. The molecule has 2 rings (SSSR count). The number of hydrogen-bond acceptors (Lipinski definition) is 2. The first-order valence-corrected chi connectivity index (χ1v) is 7.27. The fourth-order valence-electron chi connectivity index (χ4n) is 2.64. The van der Waals surface area contributed by atoms with Crippen LogP contribution in [0.2, 0.25) is 0 Å². The molecule has 0 saturated heterocycles. The summed E-state index contributed by atoms with van der Waals surface area (Å²) in [6.07, 6.45) is 2.64. The normalized spacial score (nSPS) is 17.4. The second-order valence-corrected chi connectivity index (χ2v) is 6.10. The maximum Gasteiger partial charge on any atom is 0.193 e. The monoisotopic (exact) mass is 274 g/mol. The topological polar surface area (TPSA) is 53.6 Å². The van der Waals surface area contributed by atoms with Gasteiger partial charge in [-0.1, -0.05) is 6.07 Å². The third kappa shape index (κ3) is 4.23. The van der Waals surface area contributed by atoms with Gasteiger partial charge in [0.25, 0.3) is 0 Å². The first-order valence-electron chi connectivity index (χ1n) is 7.27. The van der Waals surface area contributed by atoms with E-state index in [2.05, 4.69) is 61.4 Å². The van der Waals surface area contributed by atoms with Crippen LogP contribution in [0, 0.1) is 19.8 Å². The Balaban J connectivity index is 1.96. The smallest absolute Gasteiger partial charge is 0.193 e. The molecule has 0 radical (unpaired) electrons. The molecule has 4 heteroatoms. The molecule has 4 nitrogen and oxygen atoms in total. The Hall–Kier alpha value is -1.55. The quantitative estimate of drug-likeness (QED) is 0.640. The van der Waals surface area contributed by atoms with Gasteiger partial charge in [0, 0.05) is 11.7 Å². The molecule has 1 aromatic carbocycles. The Kier molecular flexibility index (Phi) is 4.65. The van der Waals surface area contributed by atoms with Crippen molar-refractivity contribution in [3.63, 3.8) is 0 Å². The molecule has 110 valence electrons. The van der Waals surface area contributed by atoms with Crippen LogP contribution >= 0.6 is 0 Å². The molecule has 0 aromatic heterocycles. The largest absolute Gasteiger partial charge is 0.370 e. The van der Waals surface area contributed by atoms with E-state index in [1.54, 1.807) is 0 Å². The highest BCUT2D eigenvalue weighted by Gasteiger charge is 2.32. The van der Waals surface area contributed by atoms with E-state index in [1.165, 1.54) is 24.0 Å². The molecule has 20 heavy (non-hydrogen) atoms. The molecular formula is C16H26N4. The number of rotatable bonds is 5. The summed E-state index contributed by atoms with van der Waals surface area (Å²) in [7, 11) is 4.23. The molecule has 3 N–H and O–H groups in total. The Labute approximate surface area is 122 Å². The zero-order chi connectivity index (χ0) is 14.7. The van der Waals surface area contributed by atoms with Gasteiger partial charge >= 0.3 is 0 Å². The van der Waals surface area contributed by atoms with Crippen LogP contribution in [0.1, 0.15) is 24.0 Å². The molecule has 0 heterocycles. The maximum atomic E-state index is 6.00. The summed E-state index contributed by atoms with van der Waals surface area (Å²) in [4.78, 5) is 6.76. The zero-order valence-electron chi connectivity index (χ0n) is 13.0. The van der Waals surface area contributed by atoms with Gasteiger partial charge in [-0.3, -0.25) is 4.99 Å². The molecule has 0 bridgehead atoms. The van der Waals surface area contributed by atoms with Crippen molar-refractivity contribution in [3.05, 3.63) is 29.3 Å². The van der Waals surface area contributed by atoms with E-state index in [0.717, 1.165) is 18.2 Å². The highest BCUT2D eigenvalue weighted by molar-refractivity contribution is 5.92. The lowest BCUT2D eigenvalue weighted by molar-refractivity contribution is 0.271. The van der Waals surface area contributed by atoms with E-state index in [9.17, 15) is 0 Å². The van der Waals surface area contributed by atoms with E-state index in [4.69, 9.17) is 5.73 Å². The SMILES string of the molecule is Cc1cc(C)cc(NC(N)=NCC(C2CC2)N(C)C)c1. The van der Waals surface area contributed by atoms with Crippen molar-refractivity contribution in [2.24, 2.45) is 16.6 Å². The number of nitrogens with one attached hydrogen (secondary N) is 1. The second-order valence-electron chi connectivity index (χ2n) is 6.10. The zero-order valence-corrected chi connectivity index (χ0v) is 13.0. The number of nitrogens with two attached hydrogens (primary N) is 1. The molecule has 0 aliphatic heterocycles. The first kappa shape index (κ1) is 14.9. The summed E-state index contributed by atoms with van der Waals surface area (Å²) in [5, 5.41) is 3.19. The molecule has 1 unspecified atom stereocenters. The number of benzene rings is 1. The summed E-state index contributed by atoms with van der Waals surface area (Å²) >= 11 is 0. The van der Waals surface area contributed by atoms with Gasteiger partial charge in [-0.05, 0) is 70.0 Å². The van der Waals surface area contributed by atoms with Crippen LogP contribution in [0.4, 0.5) is 5.69 Å². The average molecular weight is 274 g/mol. The number of nitrogens with zero attached hydrogens (tertiary/aromatic N) is 2. The molecule has 1 fully saturated rings. The van der Waals surface area contributed by atoms with Crippen LogP contribution < -0.4 is 11.1 Å². The van der Waals surface area contributed by atoms with Crippen molar-refractivity contribution in [1.29, 1.82) is 0 Å². The van der Waals surface area contributed by atoms with Crippen molar-refractivity contribution in [1.82, 2.24) is 4.90 Å². The molecule has 1 aliphatic rings. The Morgan fingerprint density at radius 2 is 1.90 bits per heavy atom. The van der Waals surface area contributed by atoms with E-state index in [1.807, 2.05) is 0 Å². The predicted molar refractivity (Wildman–Crippen MR) is 86.2 cm³/mol. The first-order chi connectivity index (χ1) is 9.45. The summed E-state index contributed by atoms with van der Waals surface area (Å²) in [6, 6.07) is 6.82. The third-order valence-electron chi connectivity index (χ3n) is 3.77. The fourth-order valence-corrected chi connectivity index (χ4v) is 2.64. The predicted octanol–water partition coefficient (Wildman–Crippen LogP) is 2.37. The summed E-state index contributed by atoms with van der Waals surface area (Å²) in [5.41, 5.74) is 9.46. The van der Waals surface area contributed by atoms with Crippen molar-refractivity contribution in [3.8, 4) is 0 Å². The van der Waals surface area contributed by atoms with Gasteiger partial charge in [0.05, 0.1) is 6.54 Å². The number of anilines is 1. The summed E-state index contributed by atoms with van der Waals surface area (Å²) < 4.78 is 0. The number of aliphatic imine (C=N–C) groups is 1. The molecule has 0 amide bonds. The van der Waals surface area contributed by atoms with Crippen LogP contribution in [0.3, 0.4) is 0 Å². The molecule has 1 aromatic rings. The highest BCUT2D eigenvalue weighted by Crippen LogP contribution is 2.34. The van der Waals surface area contributed by atoms with Crippen molar-refractivity contribution in [2.75, 3.05) is 26.0 Å². The van der Waals surface area contributed by atoms with Gasteiger partial charge in [0.2, 0.25) is 0 Å². The number of hydrogen-bond donors (Lipinski definition) is 2. The standard InChI is InChI=1S/C16H26N4/c1-11-7-12(2)9-14(8-11)19-16(17)18-10-15(20(3)4)13-5-6-13/h7-9,13,15H,5-6,10H2,1-4H3,(H3,17,18,19). The van der Waals surface area contributed by atoms with Gasteiger partial charge in [0.15, 0.2) is 5.96 Å². The van der Waals surface area contributed by atoms with Gasteiger partial charge in [-0.25, -0.2) is 0 Å². The lowest BCUT2D eigenvalue weighted by Crippen LogP contribution is -2.34. The van der Waals surface area contributed by atoms with E-state index in [-0.39, 0.29) is 0 Å². The molecular weight excluding hydrogens is 248 g/mol. The van der Waals surface area contributed by atoms with Crippen LogP contribution in [0.25, 0.3) is 0 Å². The fraction of sp³-hybridized carbons (Fsp3) is 0.562. The summed E-state index contributed by atoms with van der Waals surface area (Å²) in [6.45, 7) is 4.93. The molecule has 1 saturated carbocycles. The van der Waals surface area contributed by atoms with E-state index >= 15 is 0 Å². The Morgan fingerprint density at radius 1 is 1.30 bits per heavy atom. The minimum Gasteiger partial charge on any atom is -0.370 e. The lowest BCUT2D eigenvalue weighted by atomic mass is 10.1. The number of guanidine groups is 1. The molecule has 0 spiro atoms. The second kappa shape index (κ2) is 6.27. The number of aryl methyl sites for hydroxylation is 2. The van der Waals surface area contributed by atoms with E-state index in [0.29, 0.717) is 12.0 Å².